The highest BCUT2D eigenvalue weighted by Gasteiger charge is 2.09. The van der Waals surface area contributed by atoms with Crippen LogP contribution in [-0.2, 0) is 0 Å². The van der Waals surface area contributed by atoms with E-state index in [0.717, 1.165) is 0 Å². The van der Waals surface area contributed by atoms with Crippen molar-refractivity contribution >= 4 is 40.2 Å². The number of anilines is 1. The molecule has 0 fully saturated rings. The molecule has 0 saturated heterocycles. The van der Waals surface area contributed by atoms with Gasteiger partial charge in [-0.2, -0.15) is 0 Å². The quantitative estimate of drug-likeness (QED) is 0.588. The predicted octanol–water partition coefficient (Wildman–Crippen LogP) is 1.92. The first-order valence-electron chi connectivity index (χ1n) is 3.18. The zero-order valence-corrected chi connectivity index (χ0v) is 8.82. The van der Waals surface area contributed by atoms with E-state index in [4.69, 9.17) is 5.73 Å². The second kappa shape index (κ2) is 3.45. The average molecular weight is 247 g/mol. The molecule has 64 valence electrons. The summed E-state index contributed by atoms with van der Waals surface area (Å²) in [6.45, 7) is 1.44. The molecule has 12 heavy (non-hydrogen) atoms. The van der Waals surface area contributed by atoms with Gasteiger partial charge in [0.2, 0.25) is 0 Å². The van der Waals surface area contributed by atoms with Gasteiger partial charge in [0.05, 0.1) is 0 Å². The SMILES string of the molecule is CC(=O)c1nc(N)c(S)cc1Br. The highest BCUT2D eigenvalue weighted by molar-refractivity contribution is 9.10. The highest BCUT2D eigenvalue weighted by atomic mass is 79.9. The van der Waals surface area contributed by atoms with Crippen molar-refractivity contribution in [2.75, 3.05) is 5.73 Å². The number of nitrogens with two attached hydrogens (primary N) is 1. The van der Waals surface area contributed by atoms with Crippen molar-refractivity contribution in [3.8, 4) is 0 Å². The third kappa shape index (κ3) is 1.78. The minimum atomic E-state index is -0.123. The van der Waals surface area contributed by atoms with Gasteiger partial charge in [-0.1, -0.05) is 0 Å². The Morgan fingerprint density at radius 2 is 2.33 bits per heavy atom. The van der Waals surface area contributed by atoms with Crippen LogP contribution >= 0.6 is 28.6 Å². The van der Waals surface area contributed by atoms with Gasteiger partial charge < -0.3 is 5.73 Å². The lowest BCUT2D eigenvalue weighted by atomic mass is 10.3. The first kappa shape index (κ1) is 9.54. The topological polar surface area (TPSA) is 56.0 Å². The van der Waals surface area contributed by atoms with Crippen molar-refractivity contribution in [3.05, 3.63) is 16.2 Å². The summed E-state index contributed by atoms with van der Waals surface area (Å²) in [5.41, 5.74) is 5.80. The number of Topliss-reactive ketones (excluding diaryl/α,β-unsaturated/α-hetero) is 1. The lowest BCUT2D eigenvalue weighted by molar-refractivity contribution is 0.101. The molecule has 0 saturated carbocycles. The summed E-state index contributed by atoms with van der Waals surface area (Å²) < 4.78 is 0.620. The Balaban J connectivity index is 3.33. The Morgan fingerprint density at radius 3 is 2.83 bits per heavy atom. The van der Waals surface area contributed by atoms with Gasteiger partial charge in [0.1, 0.15) is 11.5 Å². The molecule has 0 bridgehead atoms. The zero-order valence-electron chi connectivity index (χ0n) is 6.34. The maximum atomic E-state index is 11.0. The summed E-state index contributed by atoms with van der Waals surface area (Å²) in [7, 11) is 0. The number of hydrogen-bond acceptors (Lipinski definition) is 4. The number of rotatable bonds is 1. The molecule has 5 heteroatoms. The largest absolute Gasteiger partial charge is 0.383 e. The maximum Gasteiger partial charge on any atom is 0.179 e. The fraction of sp³-hybridized carbons (Fsp3) is 0.143. The van der Waals surface area contributed by atoms with Crippen LogP contribution in [0.15, 0.2) is 15.4 Å². The Morgan fingerprint density at radius 1 is 1.75 bits per heavy atom. The molecule has 2 N–H and O–H groups in total. The molecular weight excluding hydrogens is 240 g/mol. The van der Waals surface area contributed by atoms with Crippen molar-refractivity contribution in [3.63, 3.8) is 0 Å². The molecule has 1 aromatic rings. The third-order valence-electron chi connectivity index (χ3n) is 1.32. The van der Waals surface area contributed by atoms with Crippen molar-refractivity contribution in [2.45, 2.75) is 11.8 Å². The van der Waals surface area contributed by atoms with E-state index >= 15 is 0 Å². The number of nitrogen functional groups attached to an aromatic ring is 1. The Bertz CT molecular complexity index is 340. The van der Waals surface area contributed by atoms with Gasteiger partial charge in [0.25, 0.3) is 0 Å². The van der Waals surface area contributed by atoms with E-state index in [0.29, 0.717) is 15.1 Å². The number of aromatic nitrogens is 1. The van der Waals surface area contributed by atoms with Crippen LogP contribution in [0.4, 0.5) is 5.82 Å². The monoisotopic (exact) mass is 246 g/mol. The third-order valence-corrected chi connectivity index (χ3v) is 2.28. The van der Waals surface area contributed by atoms with E-state index in [1.54, 1.807) is 6.07 Å². The zero-order chi connectivity index (χ0) is 9.30. The van der Waals surface area contributed by atoms with Crippen LogP contribution in [0, 0.1) is 0 Å². The fourth-order valence-electron chi connectivity index (χ4n) is 0.740. The van der Waals surface area contributed by atoms with E-state index < -0.39 is 0 Å². The number of ketones is 1. The fourth-order valence-corrected chi connectivity index (χ4v) is 1.69. The first-order chi connectivity index (χ1) is 5.52. The summed E-state index contributed by atoms with van der Waals surface area (Å²) >= 11 is 7.25. The number of pyridine rings is 1. The standard InChI is InChI=1S/C7H7BrN2OS/c1-3(11)6-4(8)2-5(12)7(9)10-6/h2,12H,1H3,(H2,9,10). The van der Waals surface area contributed by atoms with Crippen molar-refractivity contribution in [1.82, 2.24) is 4.98 Å². The van der Waals surface area contributed by atoms with Gasteiger partial charge in [0, 0.05) is 16.3 Å². The van der Waals surface area contributed by atoms with Gasteiger partial charge in [0.15, 0.2) is 5.78 Å². The van der Waals surface area contributed by atoms with Crippen LogP contribution in [-0.4, -0.2) is 10.8 Å². The van der Waals surface area contributed by atoms with Crippen molar-refractivity contribution in [2.24, 2.45) is 0 Å². The smallest absolute Gasteiger partial charge is 0.179 e. The van der Waals surface area contributed by atoms with Gasteiger partial charge in [-0.25, -0.2) is 4.98 Å². The molecular formula is C7H7BrN2OS. The summed E-state index contributed by atoms with van der Waals surface area (Å²) in [5.74, 6) is 0.147. The minimum Gasteiger partial charge on any atom is -0.383 e. The molecule has 1 rings (SSSR count). The second-order valence-corrected chi connectivity index (χ2v) is 3.62. The second-order valence-electron chi connectivity index (χ2n) is 2.28. The lowest BCUT2D eigenvalue weighted by Gasteiger charge is -2.02. The summed E-state index contributed by atoms with van der Waals surface area (Å²) in [6.07, 6.45) is 0. The van der Waals surface area contributed by atoms with E-state index in [2.05, 4.69) is 33.5 Å². The Hall–Kier alpha value is -0.550. The molecule has 0 aliphatic carbocycles. The molecule has 0 aliphatic rings. The molecule has 0 unspecified atom stereocenters. The molecule has 0 radical (unpaired) electrons. The molecule has 0 aromatic carbocycles. The van der Waals surface area contributed by atoms with Crippen molar-refractivity contribution in [1.29, 1.82) is 0 Å². The Labute approximate surface area is 83.9 Å². The summed E-state index contributed by atoms with van der Waals surface area (Å²) in [4.78, 5) is 15.4. The van der Waals surface area contributed by atoms with Crippen LogP contribution in [0.5, 0.6) is 0 Å². The molecule has 0 atom stereocenters. The molecule has 0 spiro atoms. The minimum absolute atomic E-state index is 0.123. The van der Waals surface area contributed by atoms with Gasteiger partial charge in [-0.15, -0.1) is 12.6 Å². The highest BCUT2D eigenvalue weighted by Crippen LogP contribution is 2.23. The van der Waals surface area contributed by atoms with Crippen LogP contribution in [0.1, 0.15) is 17.4 Å². The lowest BCUT2D eigenvalue weighted by Crippen LogP contribution is -2.02. The Kier molecular flexibility index (Phi) is 2.74. The van der Waals surface area contributed by atoms with Crippen LogP contribution in [0.3, 0.4) is 0 Å². The van der Waals surface area contributed by atoms with Crippen molar-refractivity contribution < 1.29 is 4.79 Å². The summed E-state index contributed by atoms with van der Waals surface area (Å²) in [5, 5.41) is 0. The van der Waals surface area contributed by atoms with Gasteiger partial charge in [-0.3, -0.25) is 4.79 Å². The number of nitrogens with zero attached hydrogens (tertiary/aromatic N) is 1. The van der Waals surface area contributed by atoms with Crippen LogP contribution < -0.4 is 5.73 Å². The van der Waals surface area contributed by atoms with E-state index in [-0.39, 0.29) is 11.6 Å². The predicted molar refractivity (Wildman–Crippen MR) is 53.6 cm³/mol. The molecule has 1 heterocycles. The average Bonchev–Trinajstić information content (AvgIpc) is 1.96. The first-order valence-corrected chi connectivity index (χ1v) is 4.42. The van der Waals surface area contributed by atoms with E-state index in [1.807, 2.05) is 0 Å². The van der Waals surface area contributed by atoms with Crippen LogP contribution in [0.25, 0.3) is 0 Å². The molecule has 0 amide bonds. The number of thiol groups is 1. The normalized spacial score (nSPS) is 9.92. The molecule has 1 aromatic heterocycles. The maximum absolute atomic E-state index is 11.0. The number of halogens is 1. The van der Waals surface area contributed by atoms with E-state index in [1.165, 1.54) is 6.92 Å². The molecule has 3 nitrogen and oxygen atoms in total. The summed E-state index contributed by atoms with van der Waals surface area (Å²) in [6, 6.07) is 1.65. The number of hydrogen-bond donors (Lipinski definition) is 2. The molecule has 0 aliphatic heterocycles. The van der Waals surface area contributed by atoms with Gasteiger partial charge in [-0.05, 0) is 22.0 Å². The van der Waals surface area contributed by atoms with E-state index in [9.17, 15) is 4.79 Å². The number of carbonyl (C=O) groups is 1. The van der Waals surface area contributed by atoms with Gasteiger partial charge >= 0.3 is 0 Å². The van der Waals surface area contributed by atoms with Crippen LogP contribution in [0.2, 0.25) is 0 Å². The number of carbonyl (C=O) groups excluding carboxylic acids is 1.